The predicted octanol–water partition coefficient (Wildman–Crippen LogP) is 2.21. The van der Waals surface area contributed by atoms with Crippen LogP contribution >= 0.6 is 0 Å². The third-order valence-corrected chi connectivity index (χ3v) is 1.36. The lowest BCUT2D eigenvalue weighted by Crippen LogP contribution is -2.22. The number of aliphatic hydroxyl groups excluding tert-OH is 1. The zero-order valence-electron chi connectivity index (χ0n) is 9.86. The fourth-order valence-corrected chi connectivity index (χ4v) is 0.824. The molecule has 0 spiro atoms. The van der Waals surface area contributed by atoms with Gasteiger partial charge in [-0.2, -0.15) is 0 Å². The molecular weight excluding hydrogens is 192 g/mol. The maximum absolute atomic E-state index is 11.2. The molecule has 0 aliphatic carbocycles. The molecule has 86 valence electrons. The highest BCUT2D eigenvalue weighted by molar-refractivity contribution is 5.82. The van der Waals surface area contributed by atoms with E-state index in [1.807, 2.05) is 20.8 Å². The van der Waals surface area contributed by atoms with E-state index in [1.165, 1.54) is 6.08 Å². The van der Waals surface area contributed by atoms with E-state index in [4.69, 9.17) is 9.84 Å². The average Bonchev–Trinajstić information content (AvgIpc) is 1.99. The molecule has 0 aliphatic rings. The Bertz CT molecular complexity index is 244. The van der Waals surface area contributed by atoms with Gasteiger partial charge in [0, 0.05) is 6.08 Å². The Balaban J connectivity index is 3.87. The second kappa shape index (κ2) is 6.40. The van der Waals surface area contributed by atoms with Gasteiger partial charge in [0.25, 0.3) is 0 Å². The van der Waals surface area contributed by atoms with Crippen LogP contribution in [0, 0.1) is 0 Å². The fraction of sp³-hybridized carbons (Fsp3) is 0.583. The Kier molecular flexibility index (Phi) is 5.94. The largest absolute Gasteiger partial charge is 0.457 e. The molecule has 0 amide bonds. The molecule has 0 saturated heterocycles. The van der Waals surface area contributed by atoms with Gasteiger partial charge >= 0.3 is 5.97 Å². The maximum Gasteiger partial charge on any atom is 0.331 e. The van der Waals surface area contributed by atoms with E-state index >= 15 is 0 Å². The molecule has 3 heteroatoms. The molecule has 0 rings (SSSR count). The van der Waals surface area contributed by atoms with Gasteiger partial charge in [0.1, 0.15) is 5.60 Å². The van der Waals surface area contributed by atoms with Crippen molar-refractivity contribution in [3.8, 4) is 0 Å². The minimum absolute atomic E-state index is 0.351. The Hall–Kier alpha value is -1.09. The zero-order valence-corrected chi connectivity index (χ0v) is 9.86. The van der Waals surface area contributed by atoms with Crippen LogP contribution in [0.15, 0.2) is 24.3 Å². The minimum atomic E-state index is -0.454. The molecule has 3 nitrogen and oxygen atoms in total. The molecule has 0 unspecified atom stereocenters. The molecule has 0 saturated carbocycles. The van der Waals surface area contributed by atoms with Crippen molar-refractivity contribution in [2.24, 2.45) is 0 Å². The number of carbonyl (C=O) groups is 1. The zero-order chi connectivity index (χ0) is 11.9. The smallest absolute Gasteiger partial charge is 0.331 e. The SMILES string of the molecule is C[C@H](O)C/C=C/C=C/C(=O)OC(C)(C)C. The van der Waals surface area contributed by atoms with E-state index < -0.39 is 5.60 Å². The quantitative estimate of drug-likeness (QED) is 0.441. The first kappa shape index (κ1) is 13.9. The maximum atomic E-state index is 11.2. The number of carbonyl (C=O) groups excluding carboxylic acids is 1. The van der Waals surface area contributed by atoms with Crippen LogP contribution in [0.2, 0.25) is 0 Å². The standard InChI is InChI=1S/C12H20O3/c1-10(13)8-6-5-7-9-11(14)15-12(2,3)4/h5-7,9-10,13H,8H2,1-4H3/b6-5+,9-7+/t10-/m0/s1. The van der Waals surface area contributed by atoms with Crippen LogP contribution in [-0.2, 0) is 9.53 Å². The van der Waals surface area contributed by atoms with Crippen molar-refractivity contribution in [2.75, 3.05) is 0 Å². The Morgan fingerprint density at radius 3 is 2.47 bits per heavy atom. The minimum Gasteiger partial charge on any atom is -0.457 e. The molecule has 15 heavy (non-hydrogen) atoms. The lowest BCUT2D eigenvalue weighted by molar-refractivity contribution is -0.148. The average molecular weight is 212 g/mol. The van der Waals surface area contributed by atoms with Gasteiger partial charge in [-0.15, -0.1) is 0 Å². The first-order chi connectivity index (χ1) is 6.81. The Labute approximate surface area is 91.4 Å². The Morgan fingerprint density at radius 1 is 1.40 bits per heavy atom. The molecule has 0 aromatic rings. The monoisotopic (exact) mass is 212 g/mol. The first-order valence-corrected chi connectivity index (χ1v) is 5.05. The second-order valence-electron chi connectivity index (χ2n) is 4.41. The summed E-state index contributed by atoms with van der Waals surface area (Å²) >= 11 is 0. The molecule has 0 bridgehead atoms. The normalized spacial score (nSPS) is 14.7. The molecule has 0 fully saturated rings. The third-order valence-electron chi connectivity index (χ3n) is 1.36. The van der Waals surface area contributed by atoms with Crippen LogP contribution in [0.1, 0.15) is 34.1 Å². The summed E-state index contributed by atoms with van der Waals surface area (Å²) in [5.41, 5.74) is -0.454. The summed E-state index contributed by atoms with van der Waals surface area (Å²) in [6.45, 7) is 7.17. The lowest BCUT2D eigenvalue weighted by Gasteiger charge is -2.17. The van der Waals surface area contributed by atoms with Gasteiger partial charge in [-0.25, -0.2) is 4.79 Å². The summed E-state index contributed by atoms with van der Waals surface area (Å²) in [7, 11) is 0. The number of esters is 1. The van der Waals surface area contributed by atoms with Gasteiger partial charge in [0.05, 0.1) is 6.10 Å². The molecule has 0 heterocycles. The van der Waals surface area contributed by atoms with Gasteiger partial charge in [0.2, 0.25) is 0 Å². The third kappa shape index (κ3) is 10.8. The van der Waals surface area contributed by atoms with Gasteiger partial charge in [-0.3, -0.25) is 0 Å². The summed E-state index contributed by atoms with van der Waals surface area (Å²) in [6, 6.07) is 0. The van der Waals surface area contributed by atoms with Gasteiger partial charge in [-0.05, 0) is 34.1 Å². The fourth-order valence-electron chi connectivity index (χ4n) is 0.824. The van der Waals surface area contributed by atoms with Crippen molar-refractivity contribution in [1.82, 2.24) is 0 Å². The van der Waals surface area contributed by atoms with E-state index in [0.717, 1.165) is 0 Å². The predicted molar refractivity (Wildman–Crippen MR) is 60.4 cm³/mol. The van der Waals surface area contributed by atoms with Crippen molar-refractivity contribution < 1.29 is 14.6 Å². The number of rotatable bonds is 4. The molecule has 0 aromatic carbocycles. The van der Waals surface area contributed by atoms with Crippen molar-refractivity contribution >= 4 is 5.97 Å². The number of hydrogen-bond donors (Lipinski definition) is 1. The number of ether oxygens (including phenoxy) is 1. The number of allylic oxidation sites excluding steroid dienone is 2. The van der Waals surface area contributed by atoms with Gasteiger partial charge in [-0.1, -0.05) is 18.2 Å². The highest BCUT2D eigenvalue weighted by Crippen LogP contribution is 2.06. The van der Waals surface area contributed by atoms with E-state index in [-0.39, 0.29) is 12.1 Å². The van der Waals surface area contributed by atoms with Crippen LogP contribution in [0.4, 0.5) is 0 Å². The summed E-state index contributed by atoms with van der Waals surface area (Å²) in [4.78, 5) is 11.2. The van der Waals surface area contributed by atoms with Crippen LogP contribution in [-0.4, -0.2) is 22.8 Å². The van der Waals surface area contributed by atoms with Crippen LogP contribution in [0.5, 0.6) is 0 Å². The van der Waals surface area contributed by atoms with Gasteiger partial charge < -0.3 is 9.84 Å². The molecular formula is C12H20O3. The van der Waals surface area contributed by atoms with E-state index in [9.17, 15) is 4.79 Å². The van der Waals surface area contributed by atoms with Gasteiger partial charge in [0.15, 0.2) is 0 Å². The Morgan fingerprint density at radius 2 is 2.00 bits per heavy atom. The van der Waals surface area contributed by atoms with Crippen LogP contribution < -0.4 is 0 Å². The summed E-state index contributed by atoms with van der Waals surface area (Å²) < 4.78 is 5.06. The summed E-state index contributed by atoms with van der Waals surface area (Å²) in [6.07, 6.45) is 6.72. The van der Waals surface area contributed by atoms with Crippen LogP contribution in [0.3, 0.4) is 0 Å². The topological polar surface area (TPSA) is 46.5 Å². The van der Waals surface area contributed by atoms with Crippen LogP contribution in [0.25, 0.3) is 0 Å². The molecule has 1 atom stereocenters. The highest BCUT2D eigenvalue weighted by atomic mass is 16.6. The molecule has 0 aliphatic heterocycles. The van der Waals surface area contributed by atoms with Crippen molar-refractivity contribution in [2.45, 2.75) is 45.8 Å². The first-order valence-electron chi connectivity index (χ1n) is 5.05. The summed E-state index contributed by atoms with van der Waals surface area (Å²) in [5, 5.41) is 8.95. The van der Waals surface area contributed by atoms with Crippen molar-refractivity contribution in [3.63, 3.8) is 0 Å². The van der Waals surface area contributed by atoms with E-state index in [1.54, 1.807) is 25.2 Å². The van der Waals surface area contributed by atoms with Crippen molar-refractivity contribution in [3.05, 3.63) is 24.3 Å². The summed E-state index contributed by atoms with van der Waals surface area (Å²) in [5.74, 6) is -0.357. The van der Waals surface area contributed by atoms with Crippen molar-refractivity contribution in [1.29, 1.82) is 0 Å². The molecule has 1 N–H and O–H groups in total. The second-order valence-corrected chi connectivity index (χ2v) is 4.41. The number of hydrogen-bond acceptors (Lipinski definition) is 3. The molecule has 0 aromatic heterocycles. The number of aliphatic hydroxyl groups is 1. The van der Waals surface area contributed by atoms with E-state index in [0.29, 0.717) is 6.42 Å². The lowest BCUT2D eigenvalue weighted by atomic mass is 10.2. The van der Waals surface area contributed by atoms with E-state index in [2.05, 4.69) is 0 Å². The highest BCUT2D eigenvalue weighted by Gasteiger charge is 2.13. The molecule has 0 radical (unpaired) electrons.